The summed E-state index contributed by atoms with van der Waals surface area (Å²) in [5.41, 5.74) is 0. The minimum absolute atomic E-state index is 0.0926. The molecule has 0 saturated heterocycles. The van der Waals surface area contributed by atoms with Gasteiger partial charge in [0, 0.05) is 0 Å². The van der Waals surface area contributed by atoms with Gasteiger partial charge in [-0.15, -0.1) is 0 Å². The van der Waals surface area contributed by atoms with Crippen LogP contribution in [-0.4, -0.2) is 17.0 Å². The molecule has 6 heteroatoms. The maximum atomic E-state index is 12.5. The van der Waals surface area contributed by atoms with Crippen LogP contribution in [0.15, 0.2) is 91.0 Å². The Morgan fingerprint density at radius 1 is 0.815 bits per heavy atom. The Hall–Kier alpha value is -3.04. The van der Waals surface area contributed by atoms with Gasteiger partial charge in [-0.1, -0.05) is 0 Å². The van der Waals surface area contributed by atoms with Gasteiger partial charge < -0.3 is 0 Å². The molecule has 0 aliphatic rings. The van der Waals surface area contributed by atoms with Crippen molar-refractivity contribution in [3.8, 4) is 0 Å². The van der Waals surface area contributed by atoms with Crippen LogP contribution in [0.5, 0.6) is 0 Å². The van der Waals surface area contributed by atoms with Crippen LogP contribution in [-0.2, 0) is 9.42 Å². The van der Waals surface area contributed by atoms with Crippen molar-refractivity contribution in [2.24, 2.45) is 0 Å². The van der Waals surface area contributed by atoms with Gasteiger partial charge in [0.05, 0.1) is 0 Å². The number of hydrogen-bond acceptors (Lipinski definition) is 4. The van der Waals surface area contributed by atoms with E-state index in [9.17, 15) is 14.9 Å². The Morgan fingerprint density at radius 3 is 1.41 bits per heavy atom. The first kappa shape index (κ1) is 18.7. The quantitative estimate of drug-likeness (QED) is 0.358. The summed E-state index contributed by atoms with van der Waals surface area (Å²) < 4.78 is 5.73. The molecule has 5 nitrogen and oxygen atoms in total. The standard InChI is InChI=1S/C21H20NO4P/c1-18(23)17-27(26-22(24)25,19-11-5-2-6-12-19,20-13-7-3-8-14-20)21-15-9-4-10-16-21/h2-16H,17H2,1H3. The van der Waals surface area contributed by atoms with Crippen LogP contribution in [0.4, 0.5) is 0 Å². The van der Waals surface area contributed by atoms with Crippen LogP contribution < -0.4 is 15.9 Å². The molecule has 0 unspecified atom stereocenters. The van der Waals surface area contributed by atoms with E-state index in [1.165, 1.54) is 6.92 Å². The summed E-state index contributed by atoms with van der Waals surface area (Å²) in [6.45, 7) is -2.72. The fourth-order valence-electron chi connectivity index (χ4n) is 3.69. The van der Waals surface area contributed by atoms with E-state index in [4.69, 9.17) is 4.62 Å². The van der Waals surface area contributed by atoms with Gasteiger partial charge in [0.2, 0.25) is 0 Å². The first-order valence-electron chi connectivity index (χ1n) is 8.51. The molecule has 0 saturated carbocycles. The van der Waals surface area contributed by atoms with Crippen LogP contribution >= 0.6 is 6.83 Å². The molecule has 0 aliphatic carbocycles. The topological polar surface area (TPSA) is 69.4 Å². The van der Waals surface area contributed by atoms with Gasteiger partial charge in [-0.3, -0.25) is 0 Å². The number of carbonyl (C=O) groups excluding carboxylic acids is 1. The number of carbonyl (C=O) groups is 1. The maximum absolute atomic E-state index is 12.5. The summed E-state index contributed by atoms with van der Waals surface area (Å²) in [5, 5.41) is 13.0. The molecule has 0 N–H and O–H groups in total. The van der Waals surface area contributed by atoms with Crippen molar-refractivity contribution in [3.05, 3.63) is 101 Å². The molecule has 3 rings (SSSR count). The van der Waals surface area contributed by atoms with Gasteiger partial charge in [0.1, 0.15) is 0 Å². The summed E-state index contributed by atoms with van der Waals surface area (Å²) >= 11 is 0. The minimum atomic E-state index is -4.17. The van der Waals surface area contributed by atoms with E-state index in [-0.39, 0.29) is 11.9 Å². The van der Waals surface area contributed by atoms with Gasteiger partial charge >= 0.3 is 157 Å². The van der Waals surface area contributed by atoms with E-state index in [0.29, 0.717) is 15.9 Å². The first-order valence-corrected chi connectivity index (χ1v) is 10.8. The summed E-state index contributed by atoms with van der Waals surface area (Å²) in [7, 11) is 0. The van der Waals surface area contributed by atoms with Crippen molar-refractivity contribution in [3.63, 3.8) is 0 Å². The van der Waals surface area contributed by atoms with E-state index < -0.39 is 11.9 Å². The predicted octanol–water partition coefficient (Wildman–Crippen LogP) is 3.23. The van der Waals surface area contributed by atoms with Crippen molar-refractivity contribution in [1.29, 1.82) is 0 Å². The molecule has 0 spiro atoms. The van der Waals surface area contributed by atoms with Gasteiger partial charge in [0.15, 0.2) is 0 Å². The molecule has 27 heavy (non-hydrogen) atoms. The molecule has 0 heterocycles. The Labute approximate surface area is 157 Å². The SMILES string of the molecule is CC(=O)CP(O[N+](=O)[O-])(c1ccccc1)(c1ccccc1)c1ccccc1. The van der Waals surface area contributed by atoms with Crippen molar-refractivity contribution in [1.82, 2.24) is 0 Å². The Bertz CT molecular complexity index is 826. The fourth-order valence-corrected chi connectivity index (χ4v) is 9.03. The molecule has 0 amide bonds. The summed E-state index contributed by atoms with van der Waals surface area (Å²) in [5.74, 6) is -0.175. The van der Waals surface area contributed by atoms with Crippen molar-refractivity contribution in [2.75, 3.05) is 6.16 Å². The van der Waals surface area contributed by atoms with Crippen LogP contribution in [0.3, 0.4) is 0 Å². The van der Waals surface area contributed by atoms with E-state index in [1.54, 1.807) is 0 Å². The molecule has 0 aliphatic heterocycles. The monoisotopic (exact) mass is 381 g/mol. The van der Waals surface area contributed by atoms with Crippen molar-refractivity contribution >= 4 is 28.5 Å². The molecule has 3 aromatic rings. The fraction of sp³-hybridized carbons (Fsp3) is 0.0952. The molecule has 3 aromatic carbocycles. The third kappa shape index (κ3) is 3.11. The molecule has 138 valence electrons. The molecule has 0 aromatic heterocycles. The number of Topliss-reactive ketones (excluding diaryl/α,β-unsaturated/α-hetero) is 1. The average molecular weight is 381 g/mol. The van der Waals surface area contributed by atoms with Gasteiger partial charge in [-0.05, 0) is 0 Å². The number of hydrogen-bond donors (Lipinski definition) is 0. The van der Waals surface area contributed by atoms with E-state index >= 15 is 0 Å². The van der Waals surface area contributed by atoms with Crippen LogP contribution in [0.2, 0.25) is 0 Å². The van der Waals surface area contributed by atoms with E-state index in [1.807, 2.05) is 91.0 Å². The molecule has 0 bridgehead atoms. The molecule has 0 atom stereocenters. The third-order valence-electron chi connectivity index (χ3n) is 4.68. The molecule has 0 fully saturated rings. The van der Waals surface area contributed by atoms with Crippen molar-refractivity contribution < 1.29 is 14.5 Å². The zero-order valence-electron chi connectivity index (χ0n) is 14.9. The number of nitrogens with zero attached hydrogens (tertiary/aromatic N) is 1. The number of benzene rings is 3. The summed E-state index contributed by atoms with van der Waals surface area (Å²) in [6, 6.07) is 27.2. The Morgan fingerprint density at radius 2 is 1.15 bits per heavy atom. The Kier molecular flexibility index (Phi) is 5.06. The summed E-state index contributed by atoms with van der Waals surface area (Å²) in [6.07, 6.45) is -0.0926. The Balaban J connectivity index is 2.56. The normalized spacial score (nSPS) is 12.6. The second kappa shape index (κ2) is 7.29. The third-order valence-corrected chi connectivity index (χ3v) is 10.4. The van der Waals surface area contributed by atoms with Crippen LogP contribution in [0.25, 0.3) is 0 Å². The molecular formula is C21H20NO4P. The second-order valence-corrected chi connectivity index (χ2v) is 10.8. The first-order chi connectivity index (χ1) is 13.0. The van der Waals surface area contributed by atoms with Crippen molar-refractivity contribution in [2.45, 2.75) is 6.92 Å². The summed E-state index contributed by atoms with van der Waals surface area (Å²) in [4.78, 5) is 24.3. The zero-order chi connectivity index (χ0) is 19.4. The molecule has 0 radical (unpaired) electrons. The number of ketones is 1. The van der Waals surface area contributed by atoms with Crippen LogP contribution in [0, 0.1) is 10.1 Å². The average Bonchev–Trinajstić information content (AvgIpc) is 2.69. The molecular weight excluding hydrogens is 361 g/mol. The predicted molar refractivity (Wildman–Crippen MR) is 109 cm³/mol. The van der Waals surface area contributed by atoms with Gasteiger partial charge in [0.25, 0.3) is 0 Å². The van der Waals surface area contributed by atoms with Gasteiger partial charge in [-0.25, -0.2) is 0 Å². The zero-order valence-corrected chi connectivity index (χ0v) is 15.8. The van der Waals surface area contributed by atoms with Crippen LogP contribution in [0.1, 0.15) is 6.92 Å². The second-order valence-electron chi connectivity index (χ2n) is 6.38. The number of rotatable bonds is 7. The van der Waals surface area contributed by atoms with E-state index in [2.05, 4.69) is 0 Å². The van der Waals surface area contributed by atoms with E-state index in [0.717, 1.165) is 0 Å². The van der Waals surface area contributed by atoms with Gasteiger partial charge in [-0.2, -0.15) is 0 Å².